The van der Waals surface area contributed by atoms with Crippen molar-refractivity contribution >= 4 is 11.6 Å². The Morgan fingerprint density at radius 2 is 1.88 bits per heavy atom. The Bertz CT molecular complexity index is 699. The van der Waals surface area contributed by atoms with Crippen molar-refractivity contribution in [1.82, 2.24) is 5.32 Å². The first-order chi connectivity index (χ1) is 12.5. The van der Waals surface area contributed by atoms with Gasteiger partial charge in [0.2, 0.25) is 0 Å². The van der Waals surface area contributed by atoms with Crippen molar-refractivity contribution in [3.63, 3.8) is 0 Å². The summed E-state index contributed by atoms with van der Waals surface area (Å²) in [6, 6.07) is 16.4. The summed E-state index contributed by atoms with van der Waals surface area (Å²) in [5.41, 5.74) is 3.45. The molecule has 1 N–H and O–H groups in total. The molecule has 0 atom stereocenters. The smallest absolute Gasteiger partial charge is 0.257 e. The highest BCUT2D eigenvalue weighted by Crippen LogP contribution is 2.27. The maximum absolute atomic E-state index is 12.0. The summed E-state index contributed by atoms with van der Waals surface area (Å²) < 4.78 is 5.77. The number of para-hydroxylation sites is 1. The van der Waals surface area contributed by atoms with Gasteiger partial charge in [0.1, 0.15) is 5.75 Å². The highest BCUT2D eigenvalue weighted by Gasteiger charge is 2.10. The van der Waals surface area contributed by atoms with Gasteiger partial charge in [0.15, 0.2) is 6.61 Å². The second-order valence-electron chi connectivity index (χ2n) is 6.95. The number of hydrogen-bond acceptors (Lipinski definition) is 3. The zero-order chi connectivity index (χ0) is 18.9. The van der Waals surface area contributed by atoms with E-state index in [-0.39, 0.29) is 12.5 Å². The number of carbonyl (C=O) groups excluding carboxylic acids is 1. The molecule has 26 heavy (non-hydrogen) atoms. The number of rotatable bonds is 9. The van der Waals surface area contributed by atoms with E-state index in [4.69, 9.17) is 4.74 Å². The molecule has 0 aliphatic carbocycles. The molecular weight excluding hydrogens is 324 g/mol. The predicted octanol–water partition coefficient (Wildman–Crippen LogP) is 4.14. The first-order valence-electron chi connectivity index (χ1n) is 9.23. The third-order valence-corrected chi connectivity index (χ3v) is 4.34. The van der Waals surface area contributed by atoms with Crippen LogP contribution in [0.5, 0.6) is 5.75 Å². The average molecular weight is 354 g/mol. The zero-order valence-corrected chi connectivity index (χ0v) is 16.3. The maximum Gasteiger partial charge on any atom is 0.257 e. The van der Waals surface area contributed by atoms with E-state index in [1.165, 1.54) is 5.69 Å². The van der Waals surface area contributed by atoms with Crippen LogP contribution in [0.1, 0.15) is 37.3 Å². The second-order valence-corrected chi connectivity index (χ2v) is 6.95. The fourth-order valence-corrected chi connectivity index (χ4v) is 2.79. The first kappa shape index (κ1) is 19.8. The van der Waals surface area contributed by atoms with E-state index < -0.39 is 0 Å². The Labute approximate surface area is 157 Å². The lowest BCUT2D eigenvalue weighted by atomic mass is 10.0. The SMILES string of the molecule is Cc1ccc(C(C)C)c(OCC(=O)NCCCN(C)c2ccccc2)c1. The number of ether oxygens (including phenoxy) is 1. The van der Waals surface area contributed by atoms with Gasteiger partial charge < -0.3 is 15.0 Å². The van der Waals surface area contributed by atoms with Crippen molar-refractivity contribution in [2.24, 2.45) is 0 Å². The summed E-state index contributed by atoms with van der Waals surface area (Å²) in [5, 5.41) is 2.93. The summed E-state index contributed by atoms with van der Waals surface area (Å²) in [5.74, 6) is 1.09. The van der Waals surface area contributed by atoms with Crippen LogP contribution in [-0.4, -0.2) is 32.7 Å². The van der Waals surface area contributed by atoms with Crippen molar-refractivity contribution in [3.05, 3.63) is 59.7 Å². The van der Waals surface area contributed by atoms with E-state index in [9.17, 15) is 4.79 Å². The molecule has 0 radical (unpaired) electrons. The van der Waals surface area contributed by atoms with E-state index in [1.807, 2.05) is 31.2 Å². The largest absolute Gasteiger partial charge is 0.483 e. The lowest BCUT2D eigenvalue weighted by Gasteiger charge is -2.19. The van der Waals surface area contributed by atoms with Crippen LogP contribution in [0.2, 0.25) is 0 Å². The molecule has 2 aromatic rings. The number of carbonyl (C=O) groups is 1. The molecule has 0 unspecified atom stereocenters. The molecular formula is C22H30N2O2. The molecule has 1 amide bonds. The fraction of sp³-hybridized carbons (Fsp3) is 0.409. The van der Waals surface area contributed by atoms with Gasteiger partial charge in [-0.1, -0.05) is 44.2 Å². The van der Waals surface area contributed by atoms with Gasteiger partial charge in [-0.05, 0) is 48.6 Å². The van der Waals surface area contributed by atoms with Gasteiger partial charge in [-0.3, -0.25) is 4.79 Å². The van der Waals surface area contributed by atoms with Crippen LogP contribution in [0.25, 0.3) is 0 Å². The second kappa shape index (κ2) is 9.85. The number of hydrogen-bond donors (Lipinski definition) is 1. The third kappa shape index (κ3) is 6.10. The average Bonchev–Trinajstić information content (AvgIpc) is 2.64. The quantitative estimate of drug-likeness (QED) is 0.688. The van der Waals surface area contributed by atoms with E-state index in [1.54, 1.807) is 0 Å². The lowest BCUT2D eigenvalue weighted by Crippen LogP contribution is -2.31. The van der Waals surface area contributed by atoms with Crippen LogP contribution in [0, 0.1) is 6.92 Å². The minimum Gasteiger partial charge on any atom is -0.483 e. The number of anilines is 1. The lowest BCUT2D eigenvalue weighted by molar-refractivity contribution is -0.123. The summed E-state index contributed by atoms with van der Waals surface area (Å²) >= 11 is 0. The predicted molar refractivity (Wildman–Crippen MR) is 108 cm³/mol. The molecule has 0 fully saturated rings. The van der Waals surface area contributed by atoms with E-state index in [2.05, 4.69) is 55.4 Å². The summed E-state index contributed by atoms with van der Waals surface area (Å²) in [6.45, 7) is 7.87. The van der Waals surface area contributed by atoms with Crippen LogP contribution in [0.4, 0.5) is 5.69 Å². The van der Waals surface area contributed by atoms with Gasteiger partial charge in [0.25, 0.3) is 5.91 Å². The van der Waals surface area contributed by atoms with E-state index in [0.717, 1.165) is 29.8 Å². The fourth-order valence-electron chi connectivity index (χ4n) is 2.79. The van der Waals surface area contributed by atoms with Crippen LogP contribution < -0.4 is 15.0 Å². The summed E-state index contributed by atoms with van der Waals surface area (Å²) in [4.78, 5) is 14.2. The third-order valence-electron chi connectivity index (χ3n) is 4.34. The Morgan fingerprint density at radius 1 is 1.15 bits per heavy atom. The van der Waals surface area contributed by atoms with Gasteiger partial charge in [0.05, 0.1) is 0 Å². The number of nitrogens with zero attached hydrogens (tertiary/aromatic N) is 1. The van der Waals surface area contributed by atoms with E-state index >= 15 is 0 Å². The molecule has 2 rings (SSSR count). The van der Waals surface area contributed by atoms with Gasteiger partial charge in [-0.25, -0.2) is 0 Å². The number of nitrogens with one attached hydrogen (secondary N) is 1. The van der Waals surface area contributed by atoms with E-state index in [0.29, 0.717) is 12.5 Å². The van der Waals surface area contributed by atoms with Crippen LogP contribution in [0.15, 0.2) is 48.5 Å². The molecule has 0 aliphatic rings. The Hall–Kier alpha value is -2.49. The summed E-state index contributed by atoms with van der Waals surface area (Å²) in [7, 11) is 2.06. The molecule has 0 saturated heterocycles. The zero-order valence-electron chi connectivity index (χ0n) is 16.3. The molecule has 4 nitrogen and oxygen atoms in total. The standard InChI is InChI=1S/C22H30N2O2/c1-17(2)20-12-11-18(3)15-21(20)26-16-22(25)23-13-8-14-24(4)19-9-6-5-7-10-19/h5-7,9-12,15,17H,8,13-14,16H2,1-4H3,(H,23,25). The van der Waals surface area contributed by atoms with Gasteiger partial charge in [0, 0.05) is 25.8 Å². The van der Waals surface area contributed by atoms with Crippen LogP contribution in [0.3, 0.4) is 0 Å². The van der Waals surface area contributed by atoms with Crippen molar-refractivity contribution in [2.45, 2.75) is 33.1 Å². The number of benzene rings is 2. The molecule has 0 saturated carbocycles. The Morgan fingerprint density at radius 3 is 2.58 bits per heavy atom. The Balaban J connectivity index is 1.72. The molecule has 0 spiro atoms. The van der Waals surface area contributed by atoms with Gasteiger partial charge in [-0.2, -0.15) is 0 Å². The monoisotopic (exact) mass is 354 g/mol. The van der Waals surface area contributed by atoms with Gasteiger partial charge >= 0.3 is 0 Å². The Kier molecular flexibility index (Phi) is 7.52. The van der Waals surface area contributed by atoms with Crippen molar-refractivity contribution in [1.29, 1.82) is 0 Å². The molecule has 4 heteroatoms. The highest BCUT2D eigenvalue weighted by atomic mass is 16.5. The van der Waals surface area contributed by atoms with Crippen molar-refractivity contribution < 1.29 is 9.53 Å². The summed E-state index contributed by atoms with van der Waals surface area (Å²) in [6.07, 6.45) is 0.888. The molecule has 0 heterocycles. The molecule has 2 aromatic carbocycles. The normalized spacial score (nSPS) is 10.7. The topological polar surface area (TPSA) is 41.6 Å². The highest BCUT2D eigenvalue weighted by molar-refractivity contribution is 5.77. The van der Waals surface area contributed by atoms with Crippen LogP contribution in [-0.2, 0) is 4.79 Å². The maximum atomic E-state index is 12.0. The minimum absolute atomic E-state index is 0.0533. The van der Waals surface area contributed by atoms with Crippen molar-refractivity contribution in [3.8, 4) is 5.75 Å². The molecule has 0 aromatic heterocycles. The molecule has 0 bridgehead atoms. The minimum atomic E-state index is -0.0800. The van der Waals surface area contributed by atoms with Crippen LogP contribution >= 0.6 is 0 Å². The molecule has 0 aliphatic heterocycles. The first-order valence-corrected chi connectivity index (χ1v) is 9.23. The van der Waals surface area contributed by atoms with Gasteiger partial charge in [-0.15, -0.1) is 0 Å². The molecule has 140 valence electrons. The number of amides is 1. The van der Waals surface area contributed by atoms with Crippen molar-refractivity contribution in [2.75, 3.05) is 31.6 Å². The number of aryl methyl sites for hydroxylation is 1.